The number of ether oxygens (including phenoxy) is 2. The Labute approximate surface area is 126 Å². The highest BCUT2D eigenvalue weighted by molar-refractivity contribution is 8.10. The maximum atomic E-state index is 5.05. The Hall–Kier alpha value is 1.32. The van der Waals surface area contributed by atoms with E-state index in [0.29, 0.717) is 12.2 Å². The summed E-state index contributed by atoms with van der Waals surface area (Å²) in [5.74, 6) is 8.04. The molecule has 4 rings (SSSR count). The fraction of sp³-hybridized carbons (Fsp3) is 1.00. The van der Waals surface area contributed by atoms with E-state index in [-0.39, 0.29) is 0 Å². The molecule has 4 aliphatic rings. The van der Waals surface area contributed by atoms with Crippen LogP contribution in [0, 0.1) is 0 Å². The highest BCUT2D eigenvalue weighted by atomic mass is 32.2. The van der Waals surface area contributed by atoms with Gasteiger partial charge in [-0.05, 0) is 0 Å². The monoisotopic (exact) mass is 324 g/mol. The molecule has 4 saturated heterocycles. The summed E-state index contributed by atoms with van der Waals surface area (Å²) in [6.07, 6.45) is 1.16. The third-order valence-electron chi connectivity index (χ3n) is 2.82. The van der Waals surface area contributed by atoms with Crippen molar-refractivity contribution in [2.75, 3.05) is 47.7 Å². The second-order valence-corrected chi connectivity index (χ2v) is 9.71. The Kier molecular flexibility index (Phi) is 5.84. The number of thioether (sulfide) groups is 4. The van der Waals surface area contributed by atoms with Crippen LogP contribution in [0.4, 0.5) is 0 Å². The van der Waals surface area contributed by atoms with E-state index in [1.165, 1.54) is 34.5 Å². The molecule has 4 unspecified atom stereocenters. The second kappa shape index (κ2) is 7.36. The van der Waals surface area contributed by atoms with Crippen LogP contribution in [-0.2, 0) is 9.47 Å². The van der Waals surface area contributed by atoms with E-state index in [4.69, 9.17) is 9.47 Å². The second-order valence-electron chi connectivity index (χ2n) is 4.90. The minimum Gasteiger partial charge on any atom is -0.372 e. The van der Waals surface area contributed by atoms with Crippen molar-refractivity contribution in [3.05, 3.63) is 0 Å². The molecular weight excluding hydrogens is 304 g/mol. The molecule has 0 radical (unpaired) electrons. The van der Waals surface area contributed by atoms with E-state index in [2.05, 4.69) is 35.3 Å². The number of hydrogen-bond donors (Lipinski definition) is 0. The van der Waals surface area contributed by atoms with Crippen molar-refractivity contribution in [1.82, 2.24) is 0 Å². The van der Waals surface area contributed by atoms with Gasteiger partial charge in [0.2, 0.25) is 0 Å². The van der Waals surface area contributed by atoms with Crippen molar-refractivity contribution in [1.29, 1.82) is 0 Å². The average Bonchev–Trinajstić information content (AvgIpc) is 3.21. The van der Waals surface area contributed by atoms with Crippen molar-refractivity contribution in [3.63, 3.8) is 0 Å². The van der Waals surface area contributed by atoms with Gasteiger partial charge in [-0.15, -0.1) is 0 Å². The van der Waals surface area contributed by atoms with Gasteiger partial charge in [0.25, 0.3) is 0 Å². The van der Waals surface area contributed by atoms with E-state index < -0.39 is 0 Å². The molecule has 4 aliphatic heterocycles. The zero-order valence-electron chi connectivity index (χ0n) is 10.4. The van der Waals surface area contributed by atoms with Gasteiger partial charge >= 0.3 is 0 Å². The van der Waals surface area contributed by atoms with E-state index in [0.717, 1.165) is 23.7 Å². The predicted octanol–water partition coefficient (Wildman–Crippen LogP) is 2.47. The topological polar surface area (TPSA) is 25.1 Å². The van der Waals surface area contributed by atoms with Crippen LogP contribution >= 0.6 is 47.0 Å². The van der Waals surface area contributed by atoms with Gasteiger partial charge in [0.1, 0.15) is 0 Å². The molecule has 18 heavy (non-hydrogen) atoms. The summed E-state index contributed by atoms with van der Waals surface area (Å²) in [6, 6.07) is 0. The SMILES string of the molecule is C(SCC1CS1)C1CS1.C1OC1CSCC1CO1. The summed E-state index contributed by atoms with van der Waals surface area (Å²) in [4.78, 5) is 0. The molecule has 4 fully saturated rings. The molecule has 0 N–H and O–H groups in total. The Morgan fingerprint density at radius 2 is 1.17 bits per heavy atom. The summed E-state index contributed by atoms with van der Waals surface area (Å²) in [7, 11) is 0. The fourth-order valence-corrected chi connectivity index (χ4v) is 5.42. The van der Waals surface area contributed by atoms with Crippen LogP contribution in [0.3, 0.4) is 0 Å². The van der Waals surface area contributed by atoms with Crippen LogP contribution in [0.5, 0.6) is 0 Å². The smallest absolute Gasteiger partial charge is 0.0900 e. The molecule has 4 atom stereocenters. The molecule has 0 aromatic carbocycles. The third-order valence-corrected chi connectivity index (χ3v) is 7.68. The van der Waals surface area contributed by atoms with Gasteiger partial charge in [-0.1, -0.05) is 0 Å². The molecule has 4 heterocycles. The van der Waals surface area contributed by atoms with Crippen molar-refractivity contribution in [2.45, 2.75) is 22.7 Å². The van der Waals surface area contributed by atoms with Crippen molar-refractivity contribution in [2.24, 2.45) is 0 Å². The highest BCUT2D eigenvalue weighted by Gasteiger charge is 2.26. The Balaban J connectivity index is 0.000000111. The summed E-state index contributed by atoms with van der Waals surface area (Å²) in [6.45, 7) is 1.97. The normalized spacial score (nSPS) is 38.7. The first kappa shape index (κ1) is 14.3. The molecule has 0 saturated carbocycles. The summed E-state index contributed by atoms with van der Waals surface area (Å²) in [5, 5.41) is 2.08. The lowest BCUT2D eigenvalue weighted by molar-refractivity contribution is 0.422. The molecule has 6 heteroatoms. The summed E-state index contributed by atoms with van der Waals surface area (Å²) in [5.41, 5.74) is 0. The van der Waals surface area contributed by atoms with Gasteiger partial charge in [0.05, 0.1) is 25.4 Å². The first-order valence-electron chi connectivity index (χ1n) is 6.52. The van der Waals surface area contributed by atoms with Crippen molar-refractivity contribution < 1.29 is 9.47 Å². The number of epoxide rings is 2. The lowest BCUT2D eigenvalue weighted by Crippen LogP contribution is -1.95. The lowest BCUT2D eigenvalue weighted by atomic mass is 10.6. The van der Waals surface area contributed by atoms with Gasteiger partial charge in [-0.3, -0.25) is 0 Å². The summed E-state index contributed by atoms with van der Waals surface area (Å²) < 4.78 is 10.1. The standard InChI is InChI=1S/C6H10O2S.C6H10S3/c1-5(7-1)3-9-4-6-2-8-6;1(5-3-8-5)7-2-6-4-9-6/h2*5-6H,1-4H2. The maximum Gasteiger partial charge on any atom is 0.0900 e. The molecule has 0 spiro atoms. The minimum absolute atomic E-state index is 0.578. The minimum atomic E-state index is 0.578. The zero-order chi connectivity index (χ0) is 12.2. The van der Waals surface area contributed by atoms with Crippen LogP contribution in [0.1, 0.15) is 0 Å². The largest absolute Gasteiger partial charge is 0.372 e. The van der Waals surface area contributed by atoms with Gasteiger partial charge in [-0.2, -0.15) is 47.0 Å². The average molecular weight is 325 g/mol. The van der Waals surface area contributed by atoms with Crippen LogP contribution < -0.4 is 0 Å². The molecule has 0 bridgehead atoms. The first-order chi connectivity index (χ1) is 8.90. The van der Waals surface area contributed by atoms with Gasteiger partial charge in [0, 0.05) is 45.0 Å². The maximum absolute atomic E-state index is 5.05. The Morgan fingerprint density at radius 3 is 1.50 bits per heavy atom. The van der Waals surface area contributed by atoms with Gasteiger partial charge in [0.15, 0.2) is 0 Å². The van der Waals surface area contributed by atoms with E-state index >= 15 is 0 Å². The highest BCUT2D eigenvalue weighted by Crippen LogP contribution is 2.37. The third kappa shape index (κ3) is 7.20. The fourth-order valence-electron chi connectivity index (χ4n) is 1.32. The van der Waals surface area contributed by atoms with Crippen LogP contribution in [0.2, 0.25) is 0 Å². The van der Waals surface area contributed by atoms with E-state index in [1.807, 2.05) is 11.8 Å². The first-order valence-corrected chi connectivity index (χ1v) is 10.9. The molecule has 0 amide bonds. The predicted molar refractivity (Wildman–Crippen MR) is 86.6 cm³/mol. The molecule has 2 nitrogen and oxygen atoms in total. The number of hydrogen-bond acceptors (Lipinski definition) is 6. The van der Waals surface area contributed by atoms with Crippen LogP contribution in [-0.4, -0.2) is 70.4 Å². The van der Waals surface area contributed by atoms with Crippen molar-refractivity contribution >= 4 is 47.0 Å². The molecule has 0 aromatic heterocycles. The molecule has 0 aromatic rings. The van der Waals surface area contributed by atoms with E-state index in [1.54, 1.807) is 0 Å². The van der Waals surface area contributed by atoms with Crippen molar-refractivity contribution in [3.8, 4) is 0 Å². The van der Waals surface area contributed by atoms with Crippen LogP contribution in [0.25, 0.3) is 0 Å². The Bertz CT molecular complexity index is 200. The van der Waals surface area contributed by atoms with E-state index in [9.17, 15) is 0 Å². The zero-order valence-corrected chi connectivity index (χ0v) is 13.7. The molecular formula is C12H20O2S4. The molecule has 104 valence electrons. The van der Waals surface area contributed by atoms with Gasteiger partial charge < -0.3 is 9.47 Å². The van der Waals surface area contributed by atoms with Gasteiger partial charge in [-0.25, -0.2) is 0 Å². The Morgan fingerprint density at radius 1 is 0.778 bits per heavy atom. The quantitative estimate of drug-likeness (QED) is 0.636. The number of rotatable bonds is 8. The lowest BCUT2D eigenvalue weighted by Gasteiger charge is -1.93. The van der Waals surface area contributed by atoms with Crippen LogP contribution in [0.15, 0.2) is 0 Å². The summed E-state index contributed by atoms with van der Waals surface area (Å²) >= 11 is 8.32. The molecule has 0 aliphatic carbocycles.